The molecule has 0 saturated carbocycles. The van der Waals surface area contributed by atoms with Crippen molar-refractivity contribution in [3.8, 4) is 0 Å². The van der Waals surface area contributed by atoms with Gasteiger partial charge in [-0.3, -0.25) is 9.69 Å². The molecule has 1 N–H and O–H groups in total. The third-order valence-corrected chi connectivity index (χ3v) is 7.53. The molecule has 1 fully saturated rings. The van der Waals surface area contributed by atoms with Gasteiger partial charge in [-0.25, -0.2) is 17.7 Å². The van der Waals surface area contributed by atoms with Gasteiger partial charge in [0.15, 0.2) is 5.13 Å². The van der Waals surface area contributed by atoms with E-state index in [-0.39, 0.29) is 22.4 Å². The van der Waals surface area contributed by atoms with Crippen LogP contribution in [-0.4, -0.2) is 75.3 Å². The van der Waals surface area contributed by atoms with Crippen molar-refractivity contribution in [1.82, 2.24) is 14.2 Å². The number of nitrogens with zero attached hydrogens (tertiary/aromatic N) is 4. The number of carbonyl (C=O) groups excluding carboxylic acids is 1. The lowest BCUT2D eigenvalue weighted by Gasteiger charge is -2.34. The van der Waals surface area contributed by atoms with Crippen LogP contribution in [0, 0.1) is 0 Å². The van der Waals surface area contributed by atoms with Crippen molar-refractivity contribution in [2.24, 2.45) is 0 Å². The van der Waals surface area contributed by atoms with Gasteiger partial charge in [-0.2, -0.15) is 0 Å². The molecule has 152 valence electrons. The van der Waals surface area contributed by atoms with Gasteiger partial charge in [-0.15, -0.1) is 11.3 Å². The standard InChI is InChI=1S/C17H22ClN5O3S2/c1-21(2)28(25,26)15-11-13(3-4-14(15)18)20-16(24)12-22-6-8-23(9-7-22)17-19-5-10-27-17/h3-5,10-11H,6-9,12H2,1-2H3,(H,20,24). The molecule has 1 saturated heterocycles. The molecular weight excluding hydrogens is 422 g/mol. The Labute approximate surface area is 173 Å². The maximum Gasteiger partial charge on any atom is 0.244 e. The van der Waals surface area contributed by atoms with Gasteiger partial charge >= 0.3 is 0 Å². The average molecular weight is 444 g/mol. The van der Waals surface area contributed by atoms with Gasteiger partial charge in [0.2, 0.25) is 15.9 Å². The van der Waals surface area contributed by atoms with E-state index in [1.165, 1.54) is 26.2 Å². The number of piperazine rings is 1. The van der Waals surface area contributed by atoms with Crippen LogP contribution >= 0.6 is 22.9 Å². The van der Waals surface area contributed by atoms with Gasteiger partial charge in [0.1, 0.15) is 4.90 Å². The number of sulfonamides is 1. The van der Waals surface area contributed by atoms with Crippen molar-refractivity contribution < 1.29 is 13.2 Å². The van der Waals surface area contributed by atoms with Crippen molar-refractivity contribution in [2.45, 2.75) is 4.90 Å². The van der Waals surface area contributed by atoms with E-state index in [9.17, 15) is 13.2 Å². The highest BCUT2D eigenvalue weighted by Crippen LogP contribution is 2.27. The molecular formula is C17H22ClN5O3S2. The summed E-state index contributed by atoms with van der Waals surface area (Å²) in [5.41, 5.74) is 0.399. The second-order valence-corrected chi connectivity index (χ2v) is 9.96. The fourth-order valence-electron chi connectivity index (χ4n) is 2.85. The van der Waals surface area contributed by atoms with Crippen LogP contribution in [0.25, 0.3) is 0 Å². The third kappa shape index (κ3) is 4.81. The highest BCUT2D eigenvalue weighted by atomic mass is 35.5. The van der Waals surface area contributed by atoms with Crippen molar-refractivity contribution in [3.63, 3.8) is 0 Å². The minimum Gasteiger partial charge on any atom is -0.346 e. The quantitative estimate of drug-likeness (QED) is 0.732. The summed E-state index contributed by atoms with van der Waals surface area (Å²) in [6, 6.07) is 4.45. The minimum atomic E-state index is -3.69. The number of halogens is 1. The van der Waals surface area contributed by atoms with E-state index in [0.29, 0.717) is 5.69 Å². The summed E-state index contributed by atoms with van der Waals surface area (Å²) in [4.78, 5) is 20.9. The smallest absolute Gasteiger partial charge is 0.244 e. The fraction of sp³-hybridized carbons (Fsp3) is 0.412. The molecule has 1 aliphatic heterocycles. The molecule has 2 heterocycles. The van der Waals surface area contributed by atoms with Crippen LogP contribution in [0.5, 0.6) is 0 Å². The Hall–Kier alpha value is -1.72. The second-order valence-electron chi connectivity index (χ2n) is 6.56. The average Bonchev–Trinajstić information content (AvgIpc) is 3.18. The monoisotopic (exact) mass is 443 g/mol. The van der Waals surface area contributed by atoms with Gasteiger partial charge in [-0.1, -0.05) is 11.6 Å². The molecule has 28 heavy (non-hydrogen) atoms. The number of carbonyl (C=O) groups is 1. The Morgan fingerprint density at radius 1 is 1.29 bits per heavy atom. The largest absolute Gasteiger partial charge is 0.346 e. The zero-order valence-electron chi connectivity index (χ0n) is 15.6. The van der Waals surface area contributed by atoms with E-state index >= 15 is 0 Å². The number of benzene rings is 1. The first-order chi connectivity index (χ1) is 13.3. The van der Waals surface area contributed by atoms with Crippen LogP contribution in [0.1, 0.15) is 0 Å². The first kappa shape index (κ1) is 21.0. The number of nitrogens with one attached hydrogen (secondary N) is 1. The maximum atomic E-state index is 12.4. The van der Waals surface area contributed by atoms with Gasteiger partial charge in [0.05, 0.1) is 11.6 Å². The van der Waals surface area contributed by atoms with Gasteiger partial charge in [0, 0.05) is 57.5 Å². The van der Waals surface area contributed by atoms with Gasteiger partial charge in [-0.05, 0) is 18.2 Å². The maximum absolute atomic E-state index is 12.4. The Kier molecular flexibility index (Phi) is 6.56. The van der Waals surface area contributed by atoms with E-state index in [4.69, 9.17) is 11.6 Å². The van der Waals surface area contributed by atoms with E-state index < -0.39 is 10.0 Å². The highest BCUT2D eigenvalue weighted by Gasteiger charge is 2.23. The highest BCUT2D eigenvalue weighted by molar-refractivity contribution is 7.89. The van der Waals surface area contributed by atoms with E-state index in [0.717, 1.165) is 35.6 Å². The zero-order chi connectivity index (χ0) is 20.3. The molecule has 0 unspecified atom stereocenters. The number of thiazole rings is 1. The van der Waals surface area contributed by atoms with Crippen LogP contribution < -0.4 is 10.2 Å². The van der Waals surface area contributed by atoms with E-state index in [1.54, 1.807) is 23.6 Å². The van der Waals surface area contributed by atoms with Crippen LogP contribution in [0.4, 0.5) is 10.8 Å². The number of rotatable bonds is 6. The van der Waals surface area contributed by atoms with Crippen LogP contribution in [0.2, 0.25) is 5.02 Å². The first-order valence-electron chi connectivity index (χ1n) is 8.66. The molecule has 0 spiro atoms. The van der Waals surface area contributed by atoms with Crippen LogP contribution in [-0.2, 0) is 14.8 Å². The van der Waals surface area contributed by atoms with E-state index in [2.05, 4.69) is 20.1 Å². The summed E-state index contributed by atoms with van der Waals surface area (Å²) < 4.78 is 25.8. The molecule has 0 atom stereocenters. The summed E-state index contributed by atoms with van der Waals surface area (Å²) in [6.45, 7) is 3.38. The number of hydrogen-bond acceptors (Lipinski definition) is 7. The van der Waals surface area contributed by atoms with Crippen molar-refractivity contribution in [3.05, 3.63) is 34.8 Å². The van der Waals surface area contributed by atoms with Crippen molar-refractivity contribution in [1.29, 1.82) is 0 Å². The Bertz CT molecular complexity index is 926. The molecule has 3 rings (SSSR count). The third-order valence-electron chi connectivity index (χ3n) is 4.40. The lowest BCUT2D eigenvalue weighted by atomic mass is 10.3. The zero-order valence-corrected chi connectivity index (χ0v) is 18.0. The summed E-state index contributed by atoms with van der Waals surface area (Å²) in [5, 5.41) is 5.83. The molecule has 11 heteroatoms. The summed E-state index contributed by atoms with van der Waals surface area (Å²) >= 11 is 7.64. The van der Waals surface area contributed by atoms with Gasteiger partial charge < -0.3 is 10.2 Å². The molecule has 1 amide bonds. The molecule has 8 nitrogen and oxygen atoms in total. The van der Waals surface area contributed by atoms with Crippen LogP contribution in [0.3, 0.4) is 0 Å². The minimum absolute atomic E-state index is 0.0333. The molecule has 2 aromatic rings. The topological polar surface area (TPSA) is 85.8 Å². The number of anilines is 2. The number of hydrogen-bond donors (Lipinski definition) is 1. The number of aromatic nitrogens is 1. The fourth-order valence-corrected chi connectivity index (χ4v) is 4.94. The molecule has 0 aliphatic carbocycles. The lowest BCUT2D eigenvalue weighted by Crippen LogP contribution is -2.48. The Balaban J connectivity index is 1.58. The number of amides is 1. The predicted octanol–water partition coefficient (Wildman–Crippen LogP) is 1.81. The van der Waals surface area contributed by atoms with Crippen LogP contribution in [0.15, 0.2) is 34.7 Å². The molecule has 1 aromatic carbocycles. The molecule has 1 aliphatic rings. The molecule has 0 bridgehead atoms. The summed E-state index contributed by atoms with van der Waals surface area (Å²) in [5.74, 6) is -0.196. The summed E-state index contributed by atoms with van der Waals surface area (Å²) in [7, 11) is -0.826. The lowest BCUT2D eigenvalue weighted by molar-refractivity contribution is -0.117. The molecule has 0 radical (unpaired) electrons. The van der Waals surface area contributed by atoms with Gasteiger partial charge in [0.25, 0.3) is 0 Å². The summed E-state index contributed by atoms with van der Waals surface area (Å²) in [6.07, 6.45) is 1.79. The first-order valence-corrected chi connectivity index (χ1v) is 11.4. The normalized spacial score (nSPS) is 15.8. The Morgan fingerprint density at radius 3 is 2.61 bits per heavy atom. The second kappa shape index (κ2) is 8.75. The Morgan fingerprint density at radius 2 is 2.00 bits per heavy atom. The van der Waals surface area contributed by atoms with Crippen molar-refractivity contribution >= 4 is 49.7 Å². The SMILES string of the molecule is CN(C)S(=O)(=O)c1cc(NC(=O)CN2CCN(c3nccs3)CC2)ccc1Cl. The van der Waals surface area contributed by atoms with Crippen molar-refractivity contribution in [2.75, 3.05) is 57.0 Å². The predicted molar refractivity (Wildman–Crippen MR) is 112 cm³/mol. The van der Waals surface area contributed by atoms with E-state index in [1.807, 2.05) is 5.38 Å². The molecule has 1 aromatic heterocycles.